The number of hydrogen-bond donors (Lipinski definition) is 1. The lowest BCUT2D eigenvalue weighted by Crippen LogP contribution is -2.35. The molecule has 22 heavy (non-hydrogen) atoms. The molecule has 1 N–H and O–H groups in total. The van der Waals surface area contributed by atoms with Crippen molar-refractivity contribution in [3.05, 3.63) is 70.7 Å². The number of carbonyl (C=O) groups excluding carboxylic acids is 1. The monoisotopic (exact) mass is 316 g/mol. The Kier molecular flexibility index (Phi) is 5.99. The first-order chi connectivity index (χ1) is 10.6. The van der Waals surface area contributed by atoms with E-state index in [1.807, 2.05) is 50.5 Å². The van der Waals surface area contributed by atoms with Gasteiger partial charge < -0.3 is 10.2 Å². The number of benzene rings is 2. The molecular formula is C18H21ClN2O. The first-order valence-electron chi connectivity index (χ1n) is 7.29. The van der Waals surface area contributed by atoms with E-state index in [0.29, 0.717) is 18.0 Å². The summed E-state index contributed by atoms with van der Waals surface area (Å²) in [6.45, 7) is 0.570. The average Bonchev–Trinajstić information content (AvgIpc) is 2.50. The van der Waals surface area contributed by atoms with Gasteiger partial charge in [-0.15, -0.1) is 0 Å². The van der Waals surface area contributed by atoms with Crippen LogP contribution in [0.15, 0.2) is 54.6 Å². The third kappa shape index (κ3) is 4.58. The molecule has 2 aromatic carbocycles. The summed E-state index contributed by atoms with van der Waals surface area (Å²) in [6.07, 6.45) is 0.300. The van der Waals surface area contributed by atoms with E-state index in [1.165, 1.54) is 5.56 Å². The molecule has 1 atom stereocenters. The average molecular weight is 317 g/mol. The Morgan fingerprint density at radius 2 is 1.73 bits per heavy atom. The number of likely N-dealkylation sites (N-methyl/N-ethyl adjacent to an activating group) is 1. The van der Waals surface area contributed by atoms with Crippen LogP contribution in [0.1, 0.15) is 17.2 Å². The van der Waals surface area contributed by atoms with Crippen LogP contribution in [0.2, 0.25) is 5.02 Å². The molecule has 0 spiro atoms. The van der Waals surface area contributed by atoms with Gasteiger partial charge in [0.2, 0.25) is 5.91 Å². The van der Waals surface area contributed by atoms with Gasteiger partial charge in [0.25, 0.3) is 0 Å². The topological polar surface area (TPSA) is 32.3 Å². The largest absolute Gasteiger partial charge is 0.354 e. The number of rotatable bonds is 6. The molecule has 2 aromatic rings. The Morgan fingerprint density at radius 1 is 1.09 bits per heavy atom. The fourth-order valence-corrected chi connectivity index (χ4v) is 2.56. The maximum absolute atomic E-state index is 12.1. The highest BCUT2D eigenvalue weighted by molar-refractivity contribution is 6.31. The summed E-state index contributed by atoms with van der Waals surface area (Å²) in [5.41, 5.74) is 2.04. The van der Waals surface area contributed by atoms with Gasteiger partial charge in [0.05, 0.1) is 12.5 Å². The molecule has 0 saturated carbocycles. The molecule has 0 aliphatic heterocycles. The van der Waals surface area contributed by atoms with E-state index in [9.17, 15) is 4.79 Å². The second-order valence-corrected chi connectivity index (χ2v) is 5.87. The predicted molar refractivity (Wildman–Crippen MR) is 91.0 cm³/mol. The Labute approximate surface area is 136 Å². The zero-order valence-corrected chi connectivity index (χ0v) is 13.7. The van der Waals surface area contributed by atoms with Crippen LogP contribution >= 0.6 is 11.6 Å². The third-order valence-electron chi connectivity index (χ3n) is 3.61. The van der Waals surface area contributed by atoms with Gasteiger partial charge in [0, 0.05) is 11.6 Å². The standard InChI is InChI=1S/C18H21ClN2O/c1-21(2)17(14-8-4-3-5-9-14)13-20-18(22)12-15-10-6-7-11-16(15)19/h3-11,17H,12-13H2,1-2H3,(H,20,22)/t17-/m0/s1. The number of nitrogens with zero attached hydrogens (tertiary/aromatic N) is 1. The summed E-state index contributed by atoms with van der Waals surface area (Å²) in [5.74, 6) is -0.0177. The molecule has 0 radical (unpaired) electrons. The van der Waals surface area contributed by atoms with Gasteiger partial charge in [-0.05, 0) is 31.3 Å². The van der Waals surface area contributed by atoms with Gasteiger partial charge in [-0.1, -0.05) is 60.1 Å². The molecule has 0 unspecified atom stereocenters. The lowest BCUT2D eigenvalue weighted by atomic mass is 10.1. The summed E-state index contributed by atoms with van der Waals surface area (Å²) in [4.78, 5) is 14.2. The minimum absolute atomic E-state index is 0.0177. The van der Waals surface area contributed by atoms with Crippen molar-refractivity contribution in [2.24, 2.45) is 0 Å². The smallest absolute Gasteiger partial charge is 0.224 e. The Balaban J connectivity index is 1.95. The Bertz CT molecular complexity index is 613. The fourth-order valence-electron chi connectivity index (χ4n) is 2.36. The molecular weight excluding hydrogens is 296 g/mol. The predicted octanol–water partition coefficient (Wildman–Crippen LogP) is 3.30. The second-order valence-electron chi connectivity index (χ2n) is 5.46. The summed E-state index contributed by atoms with van der Waals surface area (Å²) in [5, 5.41) is 3.63. The molecule has 3 nitrogen and oxygen atoms in total. The third-order valence-corrected chi connectivity index (χ3v) is 3.98. The van der Waals surface area contributed by atoms with Crippen LogP contribution in [0.3, 0.4) is 0 Å². The number of carbonyl (C=O) groups is 1. The van der Waals surface area contributed by atoms with Crippen molar-refractivity contribution in [3.63, 3.8) is 0 Å². The molecule has 0 aromatic heterocycles. The van der Waals surface area contributed by atoms with Crippen LogP contribution in [0.25, 0.3) is 0 Å². The Hall–Kier alpha value is -1.84. The molecule has 0 saturated heterocycles. The van der Waals surface area contributed by atoms with Crippen molar-refractivity contribution in [3.8, 4) is 0 Å². The van der Waals surface area contributed by atoms with E-state index in [0.717, 1.165) is 5.56 Å². The van der Waals surface area contributed by atoms with Crippen LogP contribution in [0.5, 0.6) is 0 Å². The number of amides is 1. The highest BCUT2D eigenvalue weighted by Gasteiger charge is 2.15. The van der Waals surface area contributed by atoms with Crippen LogP contribution < -0.4 is 5.32 Å². The van der Waals surface area contributed by atoms with Gasteiger partial charge in [-0.25, -0.2) is 0 Å². The van der Waals surface area contributed by atoms with Crippen LogP contribution in [-0.2, 0) is 11.2 Å². The van der Waals surface area contributed by atoms with E-state index < -0.39 is 0 Å². The molecule has 4 heteroatoms. The van der Waals surface area contributed by atoms with Crippen LogP contribution in [0.4, 0.5) is 0 Å². The lowest BCUT2D eigenvalue weighted by Gasteiger charge is -2.25. The quantitative estimate of drug-likeness (QED) is 0.887. The van der Waals surface area contributed by atoms with E-state index >= 15 is 0 Å². The minimum atomic E-state index is -0.0177. The minimum Gasteiger partial charge on any atom is -0.354 e. The highest BCUT2D eigenvalue weighted by Crippen LogP contribution is 2.18. The number of nitrogens with one attached hydrogen (secondary N) is 1. The fraction of sp³-hybridized carbons (Fsp3) is 0.278. The lowest BCUT2D eigenvalue weighted by molar-refractivity contribution is -0.120. The summed E-state index contributed by atoms with van der Waals surface area (Å²) < 4.78 is 0. The Morgan fingerprint density at radius 3 is 2.36 bits per heavy atom. The second kappa shape index (κ2) is 7.97. The first-order valence-corrected chi connectivity index (χ1v) is 7.67. The van der Waals surface area contributed by atoms with Crippen molar-refractivity contribution >= 4 is 17.5 Å². The summed E-state index contributed by atoms with van der Waals surface area (Å²) in [6, 6.07) is 17.7. The molecule has 116 valence electrons. The van der Waals surface area contributed by atoms with Crippen molar-refractivity contribution in [2.45, 2.75) is 12.5 Å². The maximum Gasteiger partial charge on any atom is 0.224 e. The van der Waals surface area contributed by atoms with Gasteiger partial charge in [-0.2, -0.15) is 0 Å². The number of halogens is 1. The maximum atomic E-state index is 12.1. The van der Waals surface area contributed by atoms with Gasteiger partial charge >= 0.3 is 0 Å². The van der Waals surface area contributed by atoms with E-state index in [-0.39, 0.29) is 11.9 Å². The van der Waals surface area contributed by atoms with Crippen molar-refractivity contribution in [1.82, 2.24) is 10.2 Å². The van der Waals surface area contributed by atoms with E-state index in [4.69, 9.17) is 11.6 Å². The van der Waals surface area contributed by atoms with E-state index in [2.05, 4.69) is 22.3 Å². The van der Waals surface area contributed by atoms with Crippen LogP contribution in [-0.4, -0.2) is 31.4 Å². The SMILES string of the molecule is CN(C)[C@@H](CNC(=O)Cc1ccccc1Cl)c1ccccc1. The zero-order chi connectivity index (χ0) is 15.9. The molecule has 0 fully saturated rings. The summed E-state index contributed by atoms with van der Waals surface area (Å²) >= 11 is 6.09. The van der Waals surface area contributed by atoms with Crippen molar-refractivity contribution in [2.75, 3.05) is 20.6 Å². The first kappa shape index (κ1) is 16.5. The van der Waals surface area contributed by atoms with Crippen molar-refractivity contribution < 1.29 is 4.79 Å². The summed E-state index contributed by atoms with van der Waals surface area (Å²) in [7, 11) is 4.02. The number of hydrogen-bond acceptors (Lipinski definition) is 2. The zero-order valence-electron chi connectivity index (χ0n) is 12.9. The molecule has 0 bridgehead atoms. The van der Waals surface area contributed by atoms with Gasteiger partial charge in [0.1, 0.15) is 0 Å². The molecule has 2 rings (SSSR count). The van der Waals surface area contributed by atoms with E-state index in [1.54, 1.807) is 6.07 Å². The normalized spacial score (nSPS) is 12.2. The molecule has 0 aliphatic rings. The van der Waals surface area contributed by atoms with Crippen molar-refractivity contribution in [1.29, 1.82) is 0 Å². The molecule has 0 aliphatic carbocycles. The van der Waals surface area contributed by atoms with Gasteiger partial charge in [-0.3, -0.25) is 4.79 Å². The molecule has 1 amide bonds. The molecule has 0 heterocycles. The van der Waals surface area contributed by atoms with Crippen LogP contribution in [0, 0.1) is 0 Å². The highest BCUT2D eigenvalue weighted by atomic mass is 35.5. The van der Waals surface area contributed by atoms with Gasteiger partial charge in [0.15, 0.2) is 0 Å².